The molecule has 2 fully saturated rings. The molecule has 5 heteroatoms. The number of fused-ring (bicyclic) bond motifs is 3. The van der Waals surface area contributed by atoms with E-state index in [1.54, 1.807) is 0 Å². The number of benzene rings is 2. The first kappa shape index (κ1) is 35.0. The average molecular weight is 655 g/mol. The van der Waals surface area contributed by atoms with E-state index in [2.05, 4.69) is 54.6 Å². The number of phenols is 1. The molecule has 4 aliphatic carbocycles. The van der Waals surface area contributed by atoms with Gasteiger partial charge >= 0.3 is 5.97 Å². The van der Waals surface area contributed by atoms with Gasteiger partial charge in [-0.05, 0) is 135 Å². The Labute approximate surface area is 288 Å². The number of aliphatic hydroxyl groups is 2. The fraction of sp³-hybridized carbons (Fsp3) is 0.605. The van der Waals surface area contributed by atoms with Crippen molar-refractivity contribution in [3.8, 4) is 5.75 Å². The van der Waals surface area contributed by atoms with Crippen LogP contribution in [-0.2, 0) is 16.6 Å². The Morgan fingerprint density at radius 2 is 1.65 bits per heavy atom. The molecular formula is C43H58O5. The number of hydrogen-bond donors (Lipinski definition) is 4. The zero-order chi connectivity index (χ0) is 33.6. The molecule has 0 saturated heterocycles. The Morgan fingerprint density at radius 3 is 2.38 bits per heavy atom. The van der Waals surface area contributed by atoms with Gasteiger partial charge in [-0.15, -0.1) is 0 Å². The van der Waals surface area contributed by atoms with Gasteiger partial charge < -0.3 is 20.4 Å². The third-order valence-electron chi connectivity index (χ3n) is 12.8. The molecular weight excluding hydrogens is 596 g/mol. The molecule has 2 spiro atoms. The van der Waals surface area contributed by atoms with Crippen LogP contribution >= 0.6 is 0 Å². The smallest absolute Gasteiger partial charge is 0.307 e. The second-order valence-corrected chi connectivity index (χ2v) is 16.1. The second kappa shape index (κ2) is 15.8. The number of aromatic hydroxyl groups is 1. The van der Waals surface area contributed by atoms with E-state index in [1.807, 2.05) is 12.1 Å². The Morgan fingerprint density at radius 1 is 0.896 bits per heavy atom. The van der Waals surface area contributed by atoms with E-state index in [-0.39, 0.29) is 23.7 Å². The molecule has 0 unspecified atom stereocenters. The van der Waals surface area contributed by atoms with E-state index in [0.29, 0.717) is 24.7 Å². The number of carboxylic acids is 1. The van der Waals surface area contributed by atoms with Crippen molar-refractivity contribution >= 4 is 5.97 Å². The second-order valence-electron chi connectivity index (χ2n) is 16.1. The molecule has 4 aliphatic rings. The van der Waals surface area contributed by atoms with Gasteiger partial charge in [0.25, 0.3) is 0 Å². The first-order valence-electron chi connectivity index (χ1n) is 19.0. The summed E-state index contributed by atoms with van der Waals surface area (Å²) in [7, 11) is 0. The van der Waals surface area contributed by atoms with Gasteiger partial charge in [-0.3, -0.25) is 4.79 Å². The Hall–Kier alpha value is -2.89. The van der Waals surface area contributed by atoms with Crippen LogP contribution in [0.3, 0.4) is 0 Å². The van der Waals surface area contributed by atoms with Gasteiger partial charge in [-0.25, -0.2) is 0 Å². The molecule has 2 aromatic rings. The number of rotatable bonds is 10. The van der Waals surface area contributed by atoms with Crippen LogP contribution in [0.4, 0.5) is 0 Å². The summed E-state index contributed by atoms with van der Waals surface area (Å²) >= 11 is 0. The van der Waals surface area contributed by atoms with Crippen LogP contribution in [0.2, 0.25) is 0 Å². The van der Waals surface area contributed by atoms with Crippen molar-refractivity contribution < 1.29 is 25.2 Å². The Kier molecular flexibility index (Phi) is 11.5. The van der Waals surface area contributed by atoms with Crippen LogP contribution in [-0.4, -0.2) is 39.1 Å². The number of unbranched alkanes of at least 4 members (excludes halogenated alkanes) is 3. The number of carbonyl (C=O) groups is 1. The summed E-state index contributed by atoms with van der Waals surface area (Å²) < 4.78 is 0. The highest BCUT2D eigenvalue weighted by Crippen LogP contribution is 2.59. The normalized spacial score (nSPS) is 30.9. The number of aliphatic hydroxyl groups excluding tert-OH is 2. The molecule has 5 nitrogen and oxygen atoms in total. The molecule has 0 aromatic heterocycles. The maximum Gasteiger partial charge on any atom is 0.307 e. The summed E-state index contributed by atoms with van der Waals surface area (Å²) in [6, 6.07) is 16.6. The van der Waals surface area contributed by atoms with Gasteiger partial charge in [0.15, 0.2) is 0 Å². The largest absolute Gasteiger partial charge is 0.508 e. The summed E-state index contributed by atoms with van der Waals surface area (Å²) in [5.41, 5.74) is 4.21. The minimum atomic E-state index is -0.747. The SMILES string of the molecule is O=C(O)[C@H]1C/C=C/C[C@H](CCCCCC[C@@H]2C=C(CO)CC2)[C@H](c2ccc(O)cc2)Cc2cccc(c2)[C@@]12C[C@H](O)CC1(CCCC1)C2. The molecule has 6 rings (SSSR count). The molecule has 0 heterocycles. The highest BCUT2D eigenvalue weighted by Gasteiger charge is 2.54. The van der Waals surface area contributed by atoms with Crippen LogP contribution in [0.25, 0.3) is 0 Å². The zero-order valence-corrected chi connectivity index (χ0v) is 28.9. The maximum absolute atomic E-state index is 13.2. The number of hydrogen-bond acceptors (Lipinski definition) is 4. The maximum atomic E-state index is 13.2. The van der Waals surface area contributed by atoms with Gasteiger partial charge in [-0.2, -0.15) is 0 Å². The van der Waals surface area contributed by atoms with Gasteiger partial charge in [0.1, 0.15) is 5.75 Å². The fourth-order valence-corrected chi connectivity index (χ4v) is 10.5. The first-order chi connectivity index (χ1) is 23.3. The highest BCUT2D eigenvalue weighted by molar-refractivity contribution is 5.73. The minimum absolute atomic E-state index is 0.0258. The Bertz CT molecular complexity index is 1420. The summed E-state index contributed by atoms with van der Waals surface area (Å²) in [5, 5.41) is 41.8. The zero-order valence-electron chi connectivity index (χ0n) is 28.9. The minimum Gasteiger partial charge on any atom is -0.508 e. The summed E-state index contributed by atoms with van der Waals surface area (Å²) in [5.74, 6) is 0.262. The van der Waals surface area contributed by atoms with Crippen LogP contribution in [0.5, 0.6) is 5.75 Å². The third-order valence-corrected chi connectivity index (χ3v) is 12.8. The predicted octanol–water partition coefficient (Wildman–Crippen LogP) is 9.40. The number of carboxylic acid groups (broad SMARTS) is 1. The summed E-state index contributed by atoms with van der Waals surface area (Å²) in [4.78, 5) is 13.2. The lowest BCUT2D eigenvalue weighted by Gasteiger charge is -2.51. The fourth-order valence-electron chi connectivity index (χ4n) is 10.5. The lowest BCUT2D eigenvalue weighted by Crippen LogP contribution is -2.50. The highest BCUT2D eigenvalue weighted by atomic mass is 16.4. The van der Waals surface area contributed by atoms with Crippen LogP contribution in [0.15, 0.2) is 72.3 Å². The average Bonchev–Trinajstić information content (AvgIpc) is 3.73. The quantitative estimate of drug-likeness (QED) is 0.151. The standard InChI is InChI=1S/C43H58O5/c44-29-33-17-16-31(24-33)10-3-1-2-4-12-34-13-5-6-15-40(41(47)48)43(28-38(46)27-42(30-43)22-7-8-23-42)36-14-9-11-32(25-36)26-39(34)35-18-20-37(45)21-19-35/h5-6,9,11,14,18-21,24-25,31,34,38-40,44-46H,1-4,7-8,10,12-13,15-17,22-23,26-30H2,(H,47,48)/b6-5+/t31-,34-,38+,39+,40+,43-/m0/s1. The molecule has 6 atom stereocenters. The molecule has 0 amide bonds. The van der Waals surface area contributed by atoms with E-state index >= 15 is 0 Å². The molecule has 48 heavy (non-hydrogen) atoms. The van der Waals surface area contributed by atoms with Crippen molar-refractivity contribution in [3.63, 3.8) is 0 Å². The van der Waals surface area contributed by atoms with Crippen molar-refractivity contribution in [2.75, 3.05) is 6.61 Å². The molecule has 260 valence electrons. The summed E-state index contributed by atoms with van der Waals surface area (Å²) in [6.45, 7) is 0.209. The van der Waals surface area contributed by atoms with Gasteiger partial charge in [0.2, 0.25) is 0 Å². The molecule has 4 N–H and O–H groups in total. The van der Waals surface area contributed by atoms with Gasteiger partial charge in [0.05, 0.1) is 18.6 Å². The van der Waals surface area contributed by atoms with Crippen molar-refractivity contribution in [1.29, 1.82) is 0 Å². The van der Waals surface area contributed by atoms with E-state index in [9.17, 15) is 25.2 Å². The summed E-state index contributed by atoms with van der Waals surface area (Å²) in [6.07, 6.45) is 24.5. The number of phenolic OH excluding ortho intramolecular Hbond substituents is 1. The third kappa shape index (κ3) is 8.11. The number of aliphatic carboxylic acids is 1. The predicted molar refractivity (Wildman–Crippen MR) is 192 cm³/mol. The lowest BCUT2D eigenvalue weighted by molar-refractivity contribution is -0.147. The van der Waals surface area contributed by atoms with E-state index in [0.717, 1.165) is 63.4 Å². The van der Waals surface area contributed by atoms with Gasteiger partial charge in [-0.1, -0.05) is 93.2 Å². The monoisotopic (exact) mass is 654 g/mol. The lowest BCUT2D eigenvalue weighted by atomic mass is 9.53. The van der Waals surface area contributed by atoms with E-state index in [4.69, 9.17) is 0 Å². The van der Waals surface area contributed by atoms with Crippen LogP contribution < -0.4 is 0 Å². The van der Waals surface area contributed by atoms with E-state index < -0.39 is 23.4 Å². The van der Waals surface area contributed by atoms with E-state index in [1.165, 1.54) is 61.6 Å². The first-order valence-corrected chi connectivity index (χ1v) is 19.0. The van der Waals surface area contributed by atoms with Crippen molar-refractivity contribution in [1.82, 2.24) is 0 Å². The van der Waals surface area contributed by atoms with Crippen molar-refractivity contribution in [2.24, 2.45) is 23.2 Å². The molecule has 0 aliphatic heterocycles. The molecule has 2 bridgehead atoms. The van der Waals surface area contributed by atoms with Crippen LogP contribution in [0, 0.1) is 23.2 Å². The molecule has 0 radical (unpaired) electrons. The molecule has 2 aromatic carbocycles. The van der Waals surface area contributed by atoms with Crippen molar-refractivity contribution in [3.05, 3.63) is 89.0 Å². The molecule has 2 saturated carbocycles. The van der Waals surface area contributed by atoms with Crippen LogP contribution in [0.1, 0.15) is 132 Å². The Balaban J connectivity index is 1.25. The van der Waals surface area contributed by atoms with Gasteiger partial charge in [0, 0.05) is 5.41 Å². The number of allylic oxidation sites excluding steroid dienone is 3. The van der Waals surface area contributed by atoms with Crippen molar-refractivity contribution in [2.45, 2.75) is 133 Å². The topological polar surface area (TPSA) is 98.0 Å².